The topological polar surface area (TPSA) is 121 Å². The second-order valence-corrected chi connectivity index (χ2v) is 10.8. The molecule has 0 saturated carbocycles. The fraction of sp³-hybridized carbons (Fsp3) is 0.281. The lowest BCUT2D eigenvalue weighted by Crippen LogP contribution is -2.50. The molecule has 0 bridgehead atoms. The van der Waals surface area contributed by atoms with E-state index in [4.69, 9.17) is 4.74 Å². The number of para-hydroxylation sites is 1. The Hall–Kier alpha value is -4.24. The maximum atomic E-state index is 13.4. The van der Waals surface area contributed by atoms with Crippen LogP contribution < -0.4 is 15.4 Å². The number of carboxylic acids is 1. The smallest absolute Gasteiger partial charge is 0.304 e. The van der Waals surface area contributed by atoms with Gasteiger partial charge in [-0.15, -0.1) is 0 Å². The molecule has 9 heteroatoms. The van der Waals surface area contributed by atoms with E-state index in [2.05, 4.69) is 15.6 Å². The van der Waals surface area contributed by atoms with Crippen molar-refractivity contribution in [2.45, 2.75) is 31.1 Å². The lowest BCUT2D eigenvalue weighted by atomic mass is 10.0. The van der Waals surface area contributed by atoms with Crippen LogP contribution in [0.25, 0.3) is 10.9 Å². The van der Waals surface area contributed by atoms with Crippen LogP contribution in [-0.2, 0) is 33.0 Å². The van der Waals surface area contributed by atoms with Gasteiger partial charge >= 0.3 is 5.97 Å². The van der Waals surface area contributed by atoms with Gasteiger partial charge in [0.2, 0.25) is 11.8 Å². The van der Waals surface area contributed by atoms with E-state index in [1.807, 2.05) is 85.1 Å². The first-order valence-corrected chi connectivity index (χ1v) is 14.7. The third-order valence-corrected chi connectivity index (χ3v) is 8.00. The number of rotatable bonds is 15. The van der Waals surface area contributed by atoms with Gasteiger partial charge in [-0.25, -0.2) is 0 Å². The van der Waals surface area contributed by atoms with E-state index in [1.165, 1.54) is 11.8 Å². The Labute approximate surface area is 243 Å². The van der Waals surface area contributed by atoms with Crippen LogP contribution >= 0.6 is 11.8 Å². The standard InChI is InChI=1S/C32H35N3O5S/c1-40-26-13-11-23(12-14-26)20-41-21-25(18-30(36)37)31(38)35-29(17-24-19-34-28-10-6-5-9-27(24)28)32(39)33-16-15-22-7-3-2-4-8-22/h2-14,19,25,29,34H,15-18,20-21H2,1H3,(H,33,39)(H,35,38)(H,36,37)/t25-,29-/m0/s1. The zero-order valence-corrected chi connectivity index (χ0v) is 23.8. The molecular weight excluding hydrogens is 538 g/mol. The zero-order valence-electron chi connectivity index (χ0n) is 23.0. The molecule has 1 aromatic heterocycles. The first kappa shape index (κ1) is 29.7. The number of hydrogen-bond acceptors (Lipinski definition) is 5. The third-order valence-electron chi connectivity index (χ3n) is 6.83. The van der Waals surface area contributed by atoms with E-state index < -0.39 is 23.8 Å². The van der Waals surface area contributed by atoms with Crippen molar-refractivity contribution < 1.29 is 24.2 Å². The number of hydrogen-bond donors (Lipinski definition) is 4. The van der Waals surface area contributed by atoms with Crippen LogP contribution in [0.3, 0.4) is 0 Å². The molecule has 1 heterocycles. The lowest BCUT2D eigenvalue weighted by molar-refractivity contribution is -0.141. The van der Waals surface area contributed by atoms with Gasteiger partial charge in [-0.2, -0.15) is 11.8 Å². The highest BCUT2D eigenvalue weighted by atomic mass is 32.2. The van der Waals surface area contributed by atoms with Gasteiger partial charge in [0.05, 0.1) is 19.4 Å². The number of amides is 2. The summed E-state index contributed by atoms with van der Waals surface area (Å²) in [6.07, 6.45) is 2.45. The monoisotopic (exact) mass is 573 g/mol. The molecule has 4 N–H and O–H groups in total. The molecule has 0 saturated heterocycles. The summed E-state index contributed by atoms with van der Waals surface area (Å²) < 4.78 is 5.19. The van der Waals surface area contributed by atoms with Gasteiger partial charge in [-0.3, -0.25) is 14.4 Å². The van der Waals surface area contributed by atoms with Crippen LogP contribution in [0.1, 0.15) is 23.1 Å². The number of thioether (sulfide) groups is 1. The summed E-state index contributed by atoms with van der Waals surface area (Å²) in [7, 11) is 1.61. The highest BCUT2D eigenvalue weighted by Gasteiger charge is 2.28. The first-order valence-electron chi connectivity index (χ1n) is 13.5. The number of carbonyl (C=O) groups excluding carboxylic acids is 2. The molecule has 4 aromatic rings. The highest BCUT2D eigenvalue weighted by molar-refractivity contribution is 7.98. The maximum absolute atomic E-state index is 13.4. The van der Waals surface area contributed by atoms with Crippen LogP contribution in [0, 0.1) is 5.92 Å². The number of ether oxygens (including phenoxy) is 1. The Balaban J connectivity index is 1.43. The minimum absolute atomic E-state index is 0.270. The number of nitrogens with one attached hydrogen (secondary N) is 3. The Kier molecular flexibility index (Phi) is 10.8. The summed E-state index contributed by atoms with van der Waals surface area (Å²) in [5.41, 5.74) is 3.98. The van der Waals surface area contributed by atoms with Gasteiger partial charge in [-0.05, 0) is 41.3 Å². The molecule has 3 aromatic carbocycles. The maximum Gasteiger partial charge on any atom is 0.304 e. The van der Waals surface area contributed by atoms with Crippen molar-refractivity contribution in [3.05, 3.63) is 102 Å². The fourth-order valence-electron chi connectivity index (χ4n) is 4.60. The van der Waals surface area contributed by atoms with E-state index in [9.17, 15) is 19.5 Å². The molecule has 41 heavy (non-hydrogen) atoms. The molecule has 214 valence electrons. The molecule has 0 unspecified atom stereocenters. The molecular formula is C32H35N3O5S. The fourth-order valence-corrected chi connectivity index (χ4v) is 5.70. The molecule has 0 aliphatic rings. The summed E-state index contributed by atoms with van der Waals surface area (Å²) in [4.78, 5) is 41.6. The molecule has 0 fully saturated rings. The van der Waals surface area contributed by atoms with Crippen LogP contribution in [0.5, 0.6) is 5.75 Å². The summed E-state index contributed by atoms with van der Waals surface area (Å²) in [5, 5.41) is 16.3. The van der Waals surface area contributed by atoms with Crippen molar-refractivity contribution in [3.8, 4) is 5.75 Å². The Morgan fingerprint density at radius 3 is 2.39 bits per heavy atom. The summed E-state index contributed by atoms with van der Waals surface area (Å²) in [6, 6.07) is 24.4. The van der Waals surface area contributed by atoms with Crippen molar-refractivity contribution in [1.82, 2.24) is 15.6 Å². The summed E-state index contributed by atoms with van der Waals surface area (Å²) in [6.45, 7) is 0.416. The first-order chi connectivity index (χ1) is 19.9. The number of H-pyrrole nitrogens is 1. The van der Waals surface area contributed by atoms with Gasteiger partial charge in [0.25, 0.3) is 0 Å². The Morgan fingerprint density at radius 1 is 0.927 bits per heavy atom. The minimum atomic E-state index is -1.06. The zero-order chi connectivity index (χ0) is 29.0. The molecule has 0 radical (unpaired) electrons. The van der Waals surface area contributed by atoms with Crippen LogP contribution in [0.2, 0.25) is 0 Å². The van der Waals surface area contributed by atoms with Crippen molar-refractivity contribution >= 4 is 40.4 Å². The van der Waals surface area contributed by atoms with Crippen molar-refractivity contribution in [1.29, 1.82) is 0 Å². The van der Waals surface area contributed by atoms with E-state index >= 15 is 0 Å². The van der Waals surface area contributed by atoms with Gasteiger partial charge in [-0.1, -0.05) is 60.7 Å². The number of carbonyl (C=O) groups is 3. The lowest BCUT2D eigenvalue weighted by Gasteiger charge is -2.22. The molecule has 8 nitrogen and oxygen atoms in total. The average Bonchev–Trinajstić information content (AvgIpc) is 3.39. The minimum Gasteiger partial charge on any atom is -0.497 e. The van der Waals surface area contributed by atoms with E-state index in [-0.39, 0.29) is 18.7 Å². The summed E-state index contributed by atoms with van der Waals surface area (Å²) >= 11 is 1.48. The highest BCUT2D eigenvalue weighted by Crippen LogP contribution is 2.22. The van der Waals surface area contributed by atoms with Crippen molar-refractivity contribution in [2.75, 3.05) is 19.4 Å². The molecule has 2 amide bonds. The van der Waals surface area contributed by atoms with Crippen LogP contribution in [-0.4, -0.2) is 53.3 Å². The molecule has 0 spiro atoms. The largest absolute Gasteiger partial charge is 0.497 e. The predicted octanol–water partition coefficient (Wildman–Crippen LogP) is 4.59. The van der Waals surface area contributed by atoms with Gasteiger partial charge in [0, 0.05) is 41.6 Å². The predicted molar refractivity (Wildman–Crippen MR) is 162 cm³/mol. The second kappa shape index (κ2) is 14.9. The second-order valence-electron chi connectivity index (χ2n) is 9.81. The number of methoxy groups -OCH3 is 1. The molecule has 2 atom stereocenters. The Bertz CT molecular complexity index is 1440. The van der Waals surface area contributed by atoms with E-state index in [0.717, 1.165) is 33.3 Å². The molecule has 0 aliphatic heterocycles. The number of aliphatic carboxylic acids is 1. The molecule has 4 rings (SSSR count). The van der Waals surface area contributed by atoms with E-state index in [0.29, 0.717) is 24.5 Å². The summed E-state index contributed by atoms with van der Waals surface area (Å²) in [5.74, 6) is -0.928. The number of fused-ring (bicyclic) bond motifs is 1. The number of carboxylic acid groups (broad SMARTS) is 1. The number of aromatic nitrogens is 1. The van der Waals surface area contributed by atoms with Gasteiger partial charge in [0.15, 0.2) is 0 Å². The number of aromatic amines is 1. The SMILES string of the molecule is COc1ccc(CSC[C@H](CC(=O)O)C(=O)N[C@@H](Cc2c[nH]c3ccccc23)C(=O)NCCc2ccccc2)cc1. The third kappa shape index (κ3) is 8.88. The average molecular weight is 574 g/mol. The van der Waals surface area contributed by atoms with E-state index in [1.54, 1.807) is 7.11 Å². The van der Waals surface area contributed by atoms with Gasteiger partial charge < -0.3 is 25.5 Å². The quantitative estimate of drug-likeness (QED) is 0.165. The van der Waals surface area contributed by atoms with Crippen LogP contribution in [0.4, 0.5) is 0 Å². The van der Waals surface area contributed by atoms with Gasteiger partial charge in [0.1, 0.15) is 11.8 Å². The normalized spacial score (nSPS) is 12.4. The molecule has 0 aliphatic carbocycles. The van der Waals surface area contributed by atoms with Crippen LogP contribution in [0.15, 0.2) is 85.1 Å². The van der Waals surface area contributed by atoms with Crippen molar-refractivity contribution in [2.24, 2.45) is 5.92 Å². The number of benzene rings is 3. The van der Waals surface area contributed by atoms with Crippen molar-refractivity contribution in [3.63, 3.8) is 0 Å². The Morgan fingerprint density at radius 2 is 1.66 bits per heavy atom.